The molecule has 1 atom stereocenters. The van der Waals surface area contributed by atoms with Crippen LogP contribution in [0.4, 0.5) is 36.4 Å². The summed E-state index contributed by atoms with van der Waals surface area (Å²) in [4.78, 5) is 31.1. The maximum atomic E-state index is 14.2. The van der Waals surface area contributed by atoms with Gasteiger partial charge in [0, 0.05) is 21.6 Å². The number of benzene rings is 1. The van der Waals surface area contributed by atoms with Crippen LogP contribution < -0.4 is 10.6 Å². The quantitative estimate of drug-likeness (QED) is 0.131. The second-order valence-electron chi connectivity index (χ2n) is 10.1. The van der Waals surface area contributed by atoms with E-state index in [9.17, 15) is 40.3 Å². The Bertz CT molecular complexity index is 1800. The van der Waals surface area contributed by atoms with Crippen LogP contribution in [0.3, 0.4) is 0 Å². The van der Waals surface area contributed by atoms with Crippen molar-refractivity contribution in [3.05, 3.63) is 79.5 Å². The lowest BCUT2D eigenvalue weighted by atomic mass is 10.1. The van der Waals surface area contributed by atoms with Gasteiger partial charge in [-0.05, 0) is 78.6 Å². The molecule has 20 heteroatoms. The molecule has 3 aromatic heterocycles. The topological polar surface area (TPSA) is 120 Å². The van der Waals surface area contributed by atoms with E-state index < -0.39 is 42.1 Å². The molecule has 0 saturated carbocycles. The van der Waals surface area contributed by atoms with Crippen LogP contribution in [0.2, 0.25) is 5.02 Å². The number of hydrogen-bond acceptors (Lipinski definition) is 7. The van der Waals surface area contributed by atoms with E-state index >= 15 is 0 Å². The lowest BCUT2D eigenvalue weighted by Crippen LogP contribution is -2.50. The summed E-state index contributed by atoms with van der Waals surface area (Å²) in [7, 11) is 0. The van der Waals surface area contributed by atoms with Gasteiger partial charge in [0.1, 0.15) is 5.69 Å². The van der Waals surface area contributed by atoms with E-state index in [-0.39, 0.29) is 45.7 Å². The Labute approximate surface area is 285 Å². The van der Waals surface area contributed by atoms with Crippen LogP contribution in [0.25, 0.3) is 5.82 Å². The number of pyridine rings is 1. The lowest BCUT2D eigenvalue weighted by Gasteiger charge is -2.26. The molecule has 47 heavy (non-hydrogen) atoms. The summed E-state index contributed by atoms with van der Waals surface area (Å²) >= 11 is 9.86. The van der Waals surface area contributed by atoms with Gasteiger partial charge in [0.2, 0.25) is 0 Å². The highest BCUT2D eigenvalue weighted by Gasteiger charge is 2.74. The molecule has 252 valence electrons. The monoisotopic (exact) mass is 818 g/mol. The van der Waals surface area contributed by atoms with Gasteiger partial charge in [-0.15, -0.1) is 5.10 Å². The molecule has 0 saturated heterocycles. The molecule has 3 heterocycles. The Hall–Kier alpha value is -3.46. The van der Waals surface area contributed by atoms with Crippen molar-refractivity contribution >= 4 is 63.5 Å². The maximum Gasteiger partial charge on any atom is 0.460 e. The van der Waals surface area contributed by atoms with Crippen LogP contribution in [0, 0.1) is 10.5 Å². The van der Waals surface area contributed by atoms with Crippen LogP contribution in [0.15, 0.2) is 42.7 Å². The van der Waals surface area contributed by atoms with Crippen molar-refractivity contribution in [1.29, 1.82) is 0 Å². The highest BCUT2D eigenvalue weighted by Crippen LogP contribution is 2.51. The minimum absolute atomic E-state index is 0.0376. The zero-order valence-electron chi connectivity index (χ0n) is 24.3. The predicted molar refractivity (Wildman–Crippen MR) is 168 cm³/mol. The van der Waals surface area contributed by atoms with Crippen molar-refractivity contribution in [2.24, 2.45) is 0 Å². The molecule has 2 amide bonds. The molecule has 4 rings (SSSR count). The van der Waals surface area contributed by atoms with Gasteiger partial charge in [-0.1, -0.05) is 16.8 Å². The summed E-state index contributed by atoms with van der Waals surface area (Å²) in [6, 6.07) is 7.25. The SMILES string of the molecule is CSC[C@H](C)NC(=O)c1cc(I)cc(C)c1NC(=O)c1cc(Cn2cc(C(F)(F)C(F)(F)C(F)(F)F)nn2)nn1-c1ncccc1Cl. The summed E-state index contributed by atoms with van der Waals surface area (Å²) < 4.78 is 95.7. The molecule has 0 bridgehead atoms. The fourth-order valence-electron chi connectivity index (χ4n) is 4.25. The van der Waals surface area contributed by atoms with E-state index in [4.69, 9.17) is 11.6 Å². The average Bonchev–Trinajstić information content (AvgIpc) is 3.62. The number of aromatic nitrogens is 6. The summed E-state index contributed by atoms with van der Waals surface area (Å²) in [6.45, 7) is 2.91. The van der Waals surface area contributed by atoms with Crippen molar-refractivity contribution < 1.29 is 40.3 Å². The van der Waals surface area contributed by atoms with E-state index in [0.29, 0.717) is 16.0 Å². The number of carbonyl (C=O) groups is 2. The van der Waals surface area contributed by atoms with E-state index in [2.05, 4.69) is 31.0 Å². The van der Waals surface area contributed by atoms with Crippen molar-refractivity contribution in [3.8, 4) is 5.82 Å². The molecule has 2 N–H and O–H groups in total. The first-order chi connectivity index (χ1) is 21.9. The third kappa shape index (κ3) is 7.66. The molecular weight excluding hydrogens is 796 g/mol. The van der Waals surface area contributed by atoms with E-state index in [1.54, 1.807) is 19.1 Å². The lowest BCUT2D eigenvalue weighted by molar-refractivity contribution is -0.360. The summed E-state index contributed by atoms with van der Waals surface area (Å²) in [6.07, 6.45) is -3.12. The third-order valence-electron chi connectivity index (χ3n) is 6.44. The minimum Gasteiger partial charge on any atom is -0.349 e. The molecule has 0 fully saturated rings. The minimum atomic E-state index is -6.56. The number of nitrogens with zero attached hydrogens (tertiary/aromatic N) is 6. The number of aryl methyl sites for hydroxylation is 1. The number of hydrogen-bond donors (Lipinski definition) is 2. The van der Waals surface area contributed by atoms with Crippen LogP contribution in [0.5, 0.6) is 0 Å². The number of thioether (sulfide) groups is 1. The van der Waals surface area contributed by atoms with Crippen molar-refractivity contribution in [1.82, 2.24) is 35.1 Å². The number of halogens is 9. The molecule has 0 radical (unpaired) electrons. The largest absolute Gasteiger partial charge is 0.460 e. The zero-order chi connectivity index (χ0) is 34.9. The van der Waals surface area contributed by atoms with E-state index in [0.717, 1.165) is 8.25 Å². The molecule has 4 aromatic rings. The summed E-state index contributed by atoms with van der Waals surface area (Å²) in [5.74, 6) is -12.8. The highest BCUT2D eigenvalue weighted by atomic mass is 127. The molecule has 0 aliphatic heterocycles. The predicted octanol–water partition coefficient (Wildman–Crippen LogP) is 6.50. The van der Waals surface area contributed by atoms with Crippen LogP contribution in [-0.4, -0.2) is 71.7 Å². The number of rotatable bonds is 11. The first-order valence-electron chi connectivity index (χ1n) is 13.2. The number of nitrogens with one attached hydrogen (secondary N) is 2. The van der Waals surface area contributed by atoms with Gasteiger partial charge < -0.3 is 10.6 Å². The van der Waals surface area contributed by atoms with Crippen LogP contribution in [-0.2, 0) is 12.5 Å². The zero-order valence-corrected chi connectivity index (χ0v) is 28.1. The van der Waals surface area contributed by atoms with Crippen LogP contribution >= 0.6 is 46.0 Å². The molecule has 0 spiro atoms. The fourth-order valence-corrected chi connectivity index (χ4v) is 5.81. The Morgan fingerprint density at radius 2 is 1.81 bits per heavy atom. The first-order valence-corrected chi connectivity index (χ1v) is 16.1. The van der Waals surface area contributed by atoms with Gasteiger partial charge in [0.05, 0.1) is 34.7 Å². The highest BCUT2D eigenvalue weighted by molar-refractivity contribution is 14.1. The summed E-state index contributed by atoms with van der Waals surface area (Å²) in [5.41, 5.74) is -1.35. The molecule has 0 aliphatic carbocycles. The number of amides is 2. The second kappa shape index (κ2) is 14.0. The van der Waals surface area contributed by atoms with Gasteiger partial charge in [-0.2, -0.15) is 47.6 Å². The molecule has 1 aromatic carbocycles. The van der Waals surface area contributed by atoms with E-state index in [1.807, 2.05) is 35.8 Å². The average molecular weight is 819 g/mol. The number of anilines is 1. The van der Waals surface area contributed by atoms with Gasteiger partial charge in [-0.25, -0.2) is 14.3 Å². The van der Waals surface area contributed by atoms with Crippen molar-refractivity contribution in [2.75, 3.05) is 17.3 Å². The van der Waals surface area contributed by atoms with Gasteiger partial charge >= 0.3 is 18.0 Å². The smallest absolute Gasteiger partial charge is 0.349 e. The Balaban J connectivity index is 1.71. The molecule has 0 unspecified atom stereocenters. The van der Waals surface area contributed by atoms with Gasteiger partial charge in [0.25, 0.3) is 11.8 Å². The Kier molecular flexibility index (Phi) is 10.8. The van der Waals surface area contributed by atoms with Crippen molar-refractivity contribution in [2.45, 2.75) is 44.5 Å². The van der Waals surface area contributed by atoms with Crippen molar-refractivity contribution in [3.63, 3.8) is 0 Å². The molecular formula is C27H23ClF7IN8O2S. The maximum absolute atomic E-state index is 14.2. The third-order valence-corrected chi connectivity index (χ3v) is 8.20. The molecule has 10 nitrogen and oxygen atoms in total. The summed E-state index contributed by atoms with van der Waals surface area (Å²) in [5, 5.41) is 15.9. The number of carbonyl (C=O) groups excluding carboxylic acids is 2. The van der Waals surface area contributed by atoms with Gasteiger partial charge in [-0.3, -0.25) is 9.59 Å². The fraction of sp³-hybridized carbons (Fsp3) is 0.333. The van der Waals surface area contributed by atoms with Gasteiger partial charge in [0.15, 0.2) is 11.5 Å². The number of alkyl halides is 7. The first kappa shape index (κ1) is 36.4. The second-order valence-corrected chi connectivity index (χ2v) is 12.7. The Morgan fingerprint density at radius 1 is 1.11 bits per heavy atom. The Morgan fingerprint density at radius 3 is 2.45 bits per heavy atom. The molecule has 0 aliphatic rings. The van der Waals surface area contributed by atoms with E-state index in [1.165, 1.54) is 36.2 Å². The normalized spacial score (nSPS) is 13.0. The van der Waals surface area contributed by atoms with Crippen LogP contribution in [0.1, 0.15) is 44.7 Å². The standard InChI is InChI=1S/C27H23ClF7IN8O2S/c1-13-7-15(36)8-17(23(45)38-14(2)12-47-3)21(13)39-24(46)19-9-16(41-44(19)22-18(28)5-4-6-37-22)10-43-11-20(40-42-43)25(29,30)26(31,32)27(33,34)35/h4-9,11,14H,10,12H2,1-3H3,(H,38,45)(H,39,46)/t14-/m0/s1.